The summed E-state index contributed by atoms with van der Waals surface area (Å²) in [7, 11) is 0. The number of hydrogen-bond acceptors (Lipinski definition) is 7. The Morgan fingerprint density at radius 3 is 3.29 bits per heavy atom. The van der Waals surface area contributed by atoms with E-state index in [0.717, 1.165) is 17.7 Å². The summed E-state index contributed by atoms with van der Waals surface area (Å²) in [4.78, 5) is 15.7. The van der Waals surface area contributed by atoms with E-state index in [-0.39, 0.29) is 18.5 Å². The van der Waals surface area contributed by atoms with Gasteiger partial charge in [-0.05, 0) is 43.2 Å². The largest absolute Gasteiger partial charge is 0.490 e. The molecule has 24 heavy (non-hydrogen) atoms. The number of esters is 1. The second-order valence-corrected chi connectivity index (χ2v) is 6.35. The summed E-state index contributed by atoms with van der Waals surface area (Å²) in [6.45, 7) is 4.22. The maximum absolute atomic E-state index is 11.4. The van der Waals surface area contributed by atoms with Crippen molar-refractivity contribution in [3.05, 3.63) is 40.4 Å². The average molecular weight is 345 g/mol. The van der Waals surface area contributed by atoms with Gasteiger partial charge in [0.25, 0.3) is 0 Å². The maximum atomic E-state index is 11.4. The molecule has 1 N–H and O–H groups in total. The summed E-state index contributed by atoms with van der Waals surface area (Å²) in [5.74, 6) is 0.684. The second kappa shape index (κ2) is 7.44. The zero-order chi connectivity index (χ0) is 16.9. The number of hydrazone groups is 1. The predicted molar refractivity (Wildman–Crippen MR) is 93.9 cm³/mol. The molecule has 6 nitrogen and oxygen atoms in total. The Bertz CT molecular complexity index is 757. The highest BCUT2D eigenvalue weighted by atomic mass is 32.1. The Balaban J connectivity index is 1.56. The molecule has 126 valence electrons. The van der Waals surface area contributed by atoms with Gasteiger partial charge in [0.2, 0.25) is 5.13 Å². The highest BCUT2D eigenvalue weighted by Gasteiger charge is 2.18. The molecule has 0 amide bonds. The van der Waals surface area contributed by atoms with E-state index in [1.807, 2.05) is 17.5 Å². The van der Waals surface area contributed by atoms with Crippen molar-refractivity contribution in [2.45, 2.75) is 32.8 Å². The summed E-state index contributed by atoms with van der Waals surface area (Å²) >= 11 is 1.40. The first-order chi connectivity index (χ1) is 11.6. The molecule has 0 spiro atoms. The molecule has 0 saturated carbocycles. The zero-order valence-electron chi connectivity index (χ0n) is 13.6. The van der Waals surface area contributed by atoms with Crippen LogP contribution in [0, 0.1) is 0 Å². The third kappa shape index (κ3) is 4.11. The van der Waals surface area contributed by atoms with Gasteiger partial charge < -0.3 is 9.47 Å². The van der Waals surface area contributed by atoms with Crippen LogP contribution in [0.15, 0.2) is 28.7 Å². The quantitative estimate of drug-likeness (QED) is 0.495. The molecule has 0 fully saturated rings. The van der Waals surface area contributed by atoms with Gasteiger partial charge in [-0.2, -0.15) is 5.10 Å². The SMILES string of the molecule is CCOC(=O)Cc1csc(NN=Cc2ccc3c(c2)CC(C)O3)n1. The van der Waals surface area contributed by atoms with Gasteiger partial charge in [-0.15, -0.1) is 11.3 Å². The average Bonchev–Trinajstić information content (AvgIpc) is 3.12. The molecule has 1 aliphatic heterocycles. The minimum Gasteiger partial charge on any atom is -0.490 e. The molecular formula is C17H19N3O3S. The Hall–Kier alpha value is -2.41. The van der Waals surface area contributed by atoms with E-state index < -0.39 is 0 Å². The molecule has 0 bridgehead atoms. The van der Waals surface area contributed by atoms with Crippen LogP contribution in [-0.4, -0.2) is 29.9 Å². The lowest BCUT2D eigenvalue weighted by Gasteiger charge is -2.01. The van der Waals surface area contributed by atoms with E-state index in [4.69, 9.17) is 9.47 Å². The van der Waals surface area contributed by atoms with Crippen molar-refractivity contribution in [3.63, 3.8) is 0 Å². The number of rotatable bonds is 6. The van der Waals surface area contributed by atoms with Crippen LogP contribution in [0.2, 0.25) is 0 Å². The van der Waals surface area contributed by atoms with Gasteiger partial charge in [0.15, 0.2) is 0 Å². The van der Waals surface area contributed by atoms with Crippen molar-refractivity contribution in [2.24, 2.45) is 5.10 Å². The first kappa shape index (κ1) is 16.4. The Labute approximate surface area is 144 Å². The van der Waals surface area contributed by atoms with Crippen LogP contribution in [0.5, 0.6) is 5.75 Å². The van der Waals surface area contributed by atoms with Gasteiger partial charge in [0, 0.05) is 11.8 Å². The number of nitrogens with zero attached hydrogens (tertiary/aromatic N) is 2. The number of ether oxygens (including phenoxy) is 2. The number of thiazole rings is 1. The van der Waals surface area contributed by atoms with Crippen molar-refractivity contribution in [1.82, 2.24) is 4.98 Å². The number of benzene rings is 1. The lowest BCUT2D eigenvalue weighted by molar-refractivity contribution is -0.142. The molecule has 1 aromatic heterocycles. The molecule has 1 unspecified atom stereocenters. The summed E-state index contributed by atoms with van der Waals surface area (Å²) in [6.07, 6.45) is 3.08. The van der Waals surface area contributed by atoms with Gasteiger partial charge in [-0.3, -0.25) is 10.2 Å². The number of carbonyl (C=O) groups excluding carboxylic acids is 1. The number of hydrogen-bond donors (Lipinski definition) is 1. The van der Waals surface area contributed by atoms with Gasteiger partial charge >= 0.3 is 5.97 Å². The monoisotopic (exact) mass is 345 g/mol. The highest BCUT2D eigenvalue weighted by Crippen LogP contribution is 2.28. The van der Waals surface area contributed by atoms with Crippen LogP contribution in [0.25, 0.3) is 0 Å². The summed E-state index contributed by atoms with van der Waals surface area (Å²) in [6, 6.07) is 6.02. The maximum Gasteiger partial charge on any atom is 0.311 e. The van der Waals surface area contributed by atoms with Crippen LogP contribution in [0.4, 0.5) is 5.13 Å². The van der Waals surface area contributed by atoms with E-state index in [1.54, 1.807) is 13.1 Å². The van der Waals surface area contributed by atoms with E-state index in [0.29, 0.717) is 17.4 Å². The predicted octanol–water partition coefficient (Wildman–Crippen LogP) is 3.02. The molecule has 7 heteroatoms. The van der Waals surface area contributed by atoms with Crippen LogP contribution in [-0.2, 0) is 22.4 Å². The fourth-order valence-corrected chi connectivity index (χ4v) is 3.14. The Kier molecular flexibility index (Phi) is 5.10. The van der Waals surface area contributed by atoms with Crippen LogP contribution in [0.3, 0.4) is 0 Å². The number of anilines is 1. The molecule has 1 aliphatic rings. The summed E-state index contributed by atoms with van der Waals surface area (Å²) in [5, 5.41) is 6.67. The van der Waals surface area contributed by atoms with Crippen LogP contribution < -0.4 is 10.2 Å². The number of carbonyl (C=O) groups is 1. The second-order valence-electron chi connectivity index (χ2n) is 5.50. The molecule has 2 aromatic rings. The minimum atomic E-state index is -0.271. The third-order valence-electron chi connectivity index (χ3n) is 3.48. The fourth-order valence-electron chi connectivity index (χ4n) is 2.48. The van der Waals surface area contributed by atoms with E-state index in [9.17, 15) is 4.79 Å². The molecule has 0 aliphatic carbocycles. The molecule has 0 radical (unpaired) electrons. The summed E-state index contributed by atoms with van der Waals surface area (Å²) < 4.78 is 10.6. The topological polar surface area (TPSA) is 72.8 Å². The van der Waals surface area contributed by atoms with Crippen molar-refractivity contribution >= 4 is 28.7 Å². The van der Waals surface area contributed by atoms with Gasteiger partial charge in [0.1, 0.15) is 11.9 Å². The van der Waals surface area contributed by atoms with Crippen molar-refractivity contribution in [2.75, 3.05) is 12.0 Å². The minimum absolute atomic E-state index is 0.179. The normalized spacial score (nSPS) is 16.0. The van der Waals surface area contributed by atoms with Crippen molar-refractivity contribution < 1.29 is 14.3 Å². The molecular weight excluding hydrogens is 326 g/mol. The number of nitrogens with one attached hydrogen (secondary N) is 1. The third-order valence-corrected chi connectivity index (χ3v) is 4.27. The van der Waals surface area contributed by atoms with Gasteiger partial charge in [-0.25, -0.2) is 4.98 Å². The zero-order valence-corrected chi connectivity index (χ0v) is 14.4. The van der Waals surface area contributed by atoms with Crippen LogP contribution >= 0.6 is 11.3 Å². The van der Waals surface area contributed by atoms with Crippen molar-refractivity contribution in [3.8, 4) is 5.75 Å². The lowest BCUT2D eigenvalue weighted by atomic mass is 10.1. The molecule has 0 saturated heterocycles. The number of fused-ring (bicyclic) bond motifs is 1. The van der Waals surface area contributed by atoms with E-state index in [1.165, 1.54) is 16.9 Å². The first-order valence-corrected chi connectivity index (χ1v) is 8.70. The molecule has 3 rings (SSSR count). The highest BCUT2D eigenvalue weighted by molar-refractivity contribution is 7.13. The Morgan fingerprint density at radius 2 is 2.46 bits per heavy atom. The Morgan fingerprint density at radius 1 is 1.58 bits per heavy atom. The van der Waals surface area contributed by atoms with Crippen molar-refractivity contribution in [1.29, 1.82) is 0 Å². The summed E-state index contributed by atoms with van der Waals surface area (Å²) in [5.41, 5.74) is 5.78. The fraction of sp³-hybridized carbons (Fsp3) is 0.353. The van der Waals surface area contributed by atoms with Gasteiger partial charge in [0.05, 0.1) is 24.9 Å². The molecule has 2 heterocycles. The molecule has 1 atom stereocenters. The first-order valence-electron chi connectivity index (χ1n) is 7.82. The smallest absolute Gasteiger partial charge is 0.311 e. The molecule has 1 aromatic carbocycles. The lowest BCUT2D eigenvalue weighted by Crippen LogP contribution is -2.07. The van der Waals surface area contributed by atoms with Crippen LogP contribution in [0.1, 0.15) is 30.7 Å². The standard InChI is InChI=1S/C17H19N3O3S/c1-3-22-16(21)8-14-10-24-17(19-14)20-18-9-12-4-5-15-13(7-12)6-11(2)23-15/h4-5,7,9-11H,3,6,8H2,1-2H3,(H,19,20). The number of aromatic nitrogens is 1. The van der Waals surface area contributed by atoms with E-state index in [2.05, 4.69) is 28.5 Å². The van der Waals surface area contributed by atoms with Gasteiger partial charge in [-0.1, -0.05) is 0 Å². The van der Waals surface area contributed by atoms with E-state index >= 15 is 0 Å².